The van der Waals surface area contributed by atoms with Crippen LogP contribution in [-0.2, 0) is 20.7 Å². The maximum atomic E-state index is 11.8. The number of ether oxygens (including phenoxy) is 1. The topological polar surface area (TPSA) is 55.4 Å². The quantitative estimate of drug-likeness (QED) is 0.831. The molecule has 104 valence electrons. The predicted octanol–water partition coefficient (Wildman–Crippen LogP) is 2.70. The highest BCUT2D eigenvalue weighted by atomic mass is 16.5. The molecule has 1 amide bonds. The summed E-state index contributed by atoms with van der Waals surface area (Å²) in [6.45, 7) is 7.19. The second-order valence-electron chi connectivity index (χ2n) is 4.77. The molecule has 0 unspecified atom stereocenters. The third-order valence-electron chi connectivity index (χ3n) is 2.82. The Morgan fingerprint density at radius 2 is 2.00 bits per heavy atom. The number of hydrogen-bond donors (Lipinski definition) is 1. The van der Waals surface area contributed by atoms with Crippen LogP contribution in [0.5, 0.6) is 0 Å². The number of anilines is 1. The Bertz CT molecular complexity index is 466. The number of carbonyl (C=O) groups excluding carboxylic acids is 2. The molecule has 0 aromatic heterocycles. The fourth-order valence-electron chi connectivity index (χ4n) is 1.68. The van der Waals surface area contributed by atoms with Gasteiger partial charge in [-0.25, -0.2) is 0 Å². The van der Waals surface area contributed by atoms with E-state index >= 15 is 0 Å². The van der Waals surface area contributed by atoms with Crippen molar-refractivity contribution in [2.45, 2.75) is 34.1 Å². The second-order valence-corrected chi connectivity index (χ2v) is 4.77. The Morgan fingerprint density at radius 3 is 2.58 bits per heavy atom. The molecule has 0 bridgehead atoms. The van der Waals surface area contributed by atoms with Gasteiger partial charge in [-0.15, -0.1) is 0 Å². The van der Waals surface area contributed by atoms with Gasteiger partial charge >= 0.3 is 5.97 Å². The van der Waals surface area contributed by atoms with Gasteiger partial charge in [0.25, 0.3) is 5.91 Å². The first-order valence-electron chi connectivity index (χ1n) is 6.50. The number of benzene rings is 1. The van der Waals surface area contributed by atoms with Gasteiger partial charge in [-0.05, 0) is 24.5 Å². The van der Waals surface area contributed by atoms with Gasteiger partial charge in [-0.2, -0.15) is 0 Å². The third kappa shape index (κ3) is 4.39. The first kappa shape index (κ1) is 15.2. The average molecular weight is 263 g/mol. The predicted molar refractivity (Wildman–Crippen MR) is 75.0 cm³/mol. The molecule has 1 aromatic rings. The first-order chi connectivity index (χ1) is 8.95. The zero-order chi connectivity index (χ0) is 14.4. The molecule has 0 saturated heterocycles. The van der Waals surface area contributed by atoms with E-state index in [1.807, 2.05) is 32.0 Å². The van der Waals surface area contributed by atoms with Crippen molar-refractivity contribution in [2.75, 3.05) is 11.9 Å². The van der Waals surface area contributed by atoms with E-state index in [0.29, 0.717) is 0 Å². The van der Waals surface area contributed by atoms with Crippen molar-refractivity contribution >= 4 is 17.6 Å². The second kappa shape index (κ2) is 6.92. The van der Waals surface area contributed by atoms with E-state index in [1.165, 1.54) is 0 Å². The molecule has 0 aliphatic rings. The molecular weight excluding hydrogens is 242 g/mol. The molecule has 0 aliphatic carbocycles. The van der Waals surface area contributed by atoms with Crippen LogP contribution in [0.4, 0.5) is 5.69 Å². The lowest BCUT2D eigenvalue weighted by Gasteiger charge is -2.13. The smallest absolute Gasteiger partial charge is 0.308 e. The number of nitrogens with one attached hydrogen (secondary N) is 1. The molecular formula is C15H21NO3. The minimum atomic E-state index is -0.365. The van der Waals surface area contributed by atoms with Crippen LogP contribution in [0.25, 0.3) is 0 Å². The maximum Gasteiger partial charge on any atom is 0.308 e. The Labute approximate surface area is 114 Å². The summed E-state index contributed by atoms with van der Waals surface area (Å²) in [6.07, 6.45) is 0.836. The number of hydrogen-bond acceptors (Lipinski definition) is 3. The number of carbonyl (C=O) groups is 2. The fourth-order valence-corrected chi connectivity index (χ4v) is 1.68. The van der Waals surface area contributed by atoms with Crippen LogP contribution < -0.4 is 5.32 Å². The maximum absolute atomic E-state index is 11.8. The number of aryl methyl sites for hydroxylation is 2. The molecule has 1 aromatic carbocycles. The molecule has 1 rings (SSSR count). The molecule has 0 aliphatic heterocycles. The van der Waals surface area contributed by atoms with E-state index < -0.39 is 0 Å². The lowest BCUT2D eigenvalue weighted by molar-refractivity contribution is -0.150. The van der Waals surface area contributed by atoms with Crippen molar-refractivity contribution in [3.8, 4) is 0 Å². The standard InChI is InChI=1S/C15H21NO3/c1-5-12-8-6-7-11(4)14(12)16-13(17)9-19-15(18)10(2)3/h6-8,10H,5,9H2,1-4H3,(H,16,17). The summed E-state index contributed by atoms with van der Waals surface area (Å²) in [5.74, 6) is -0.897. The van der Waals surface area contributed by atoms with Crippen molar-refractivity contribution in [3.05, 3.63) is 29.3 Å². The highest BCUT2D eigenvalue weighted by molar-refractivity contribution is 5.94. The monoisotopic (exact) mass is 263 g/mol. The van der Waals surface area contributed by atoms with Crippen LogP contribution in [0.15, 0.2) is 18.2 Å². The van der Waals surface area contributed by atoms with E-state index in [9.17, 15) is 9.59 Å². The minimum absolute atomic E-state index is 0.225. The average Bonchev–Trinajstić information content (AvgIpc) is 2.38. The Balaban J connectivity index is 2.65. The van der Waals surface area contributed by atoms with E-state index in [4.69, 9.17) is 4.74 Å². The van der Waals surface area contributed by atoms with Crippen LogP contribution in [0, 0.1) is 12.8 Å². The van der Waals surface area contributed by atoms with Crippen molar-refractivity contribution in [3.63, 3.8) is 0 Å². The van der Waals surface area contributed by atoms with Crippen LogP contribution in [-0.4, -0.2) is 18.5 Å². The summed E-state index contributed by atoms with van der Waals surface area (Å²) in [6, 6.07) is 5.88. The Hall–Kier alpha value is -1.84. The van der Waals surface area contributed by atoms with Crippen LogP contribution >= 0.6 is 0 Å². The molecule has 4 nitrogen and oxygen atoms in total. The SMILES string of the molecule is CCc1cccc(C)c1NC(=O)COC(=O)C(C)C. The Kier molecular flexibility index (Phi) is 5.55. The fraction of sp³-hybridized carbons (Fsp3) is 0.467. The molecule has 19 heavy (non-hydrogen) atoms. The largest absolute Gasteiger partial charge is 0.455 e. The van der Waals surface area contributed by atoms with Crippen LogP contribution in [0.3, 0.4) is 0 Å². The van der Waals surface area contributed by atoms with E-state index in [2.05, 4.69) is 5.32 Å². The van der Waals surface area contributed by atoms with Gasteiger partial charge in [0, 0.05) is 5.69 Å². The van der Waals surface area contributed by atoms with Gasteiger partial charge in [0.1, 0.15) is 0 Å². The molecule has 0 heterocycles. The molecule has 0 fully saturated rings. The lowest BCUT2D eigenvalue weighted by atomic mass is 10.1. The summed E-state index contributed by atoms with van der Waals surface area (Å²) < 4.78 is 4.90. The van der Waals surface area contributed by atoms with E-state index in [1.54, 1.807) is 13.8 Å². The normalized spacial score (nSPS) is 10.4. The van der Waals surface area contributed by atoms with Gasteiger partial charge in [0.05, 0.1) is 5.92 Å². The zero-order valence-electron chi connectivity index (χ0n) is 11.9. The van der Waals surface area contributed by atoms with E-state index in [0.717, 1.165) is 23.2 Å². The van der Waals surface area contributed by atoms with Gasteiger partial charge in [-0.1, -0.05) is 39.0 Å². The summed E-state index contributed by atoms with van der Waals surface area (Å²) in [5, 5.41) is 2.81. The highest BCUT2D eigenvalue weighted by Gasteiger charge is 2.13. The van der Waals surface area contributed by atoms with Crippen molar-refractivity contribution in [2.24, 2.45) is 5.92 Å². The summed E-state index contributed by atoms with van der Waals surface area (Å²) in [4.78, 5) is 23.1. The van der Waals surface area contributed by atoms with Crippen molar-refractivity contribution in [1.82, 2.24) is 0 Å². The minimum Gasteiger partial charge on any atom is -0.455 e. The molecule has 4 heteroatoms. The van der Waals surface area contributed by atoms with E-state index in [-0.39, 0.29) is 24.4 Å². The van der Waals surface area contributed by atoms with Crippen molar-refractivity contribution in [1.29, 1.82) is 0 Å². The van der Waals surface area contributed by atoms with Gasteiger partial charge in [-0.3, -0.25) is 9.59 Å². The van der Waals surface area contributed by atoms with Gasteiger partial charge in [0.2, 0.25) is 0 Å². The first-order valence-corrected chi connectivity index (χ1v) is 6.50. The number of para-hydroxylation sites is 1. The molecule has 1 N–H and O–H groups in total. The van der Waals surface area contributed by atoms with Crippen LogP contribution in [0.1, 0.15) is 31.9 Å². The lowest BCUT2D eigenvalue weighted by Crippen LogP contribution is -2.23. The number of esters is 1. The van der Waals surface area contributed by atoms with Crippen LogP contribution in [0.2, 0.25) is 0 Å². The van der Waals surface area contributed by atoms with Gasteiger partial charge in [0.15, 0.2) is 6.61 Å². The summed E-state index contributed by atoms with van der Waals surface area (Å²) in [5.41, 5.74) is 2.89. The molecule has 0 atom stereocenters. The molecule has 0 radical (unpaired) electrons. The summed E-state index contributed by atoms with van der Waals surface area (Å²) >= 11 is 0. The zero-order valence-corrected chi connectivity index (χ0v) is 11.9. The van der Waals surface area contributed by atoms with Gasteiger partial charge < -0.3 is 10.1 Å². The molecule has 0 spiro atoms. The number of amides is 1. The Morgan fingerprint density at radius 1 is 1.32 bits per heavy atom. The molecule has 0 saturated carbocycles. The third-order valence-corrected chi connectivity index (χ3v) is 2.82. The number of rotatable bonds is 5. The summed E-state index contributed by atoms with van der Waals surface area (Å²) in [7, 11) is 0. The highest BCUT2D eigenvalue weighted by Crippen LogP contribution is 2.20. The van der Waals surface area contributed by atoms with Crippen molar-refractivity contribution < 1.29 is 14.3 Å².